The van der Waals surface area contributed by atoms with Crippen LogP contribution >= 0.6 is 0 Å². The lowest BCUT2D eigenvalue weighted by Crippen LogP contribution is -2.36. The van der Waals surface area contributed by atoms with Crippen molar-refractivity contribution in [1.29, 1.82) is 0 Å². The van der Waals surface area contributed by atoms with E-state index in [0.717, 1.165) is 4.57 Å². The number of ether oxygens (including phenoxy) is 2. The van der Waals surface area contributed by atoms with Crippen molar-refractivity contribution in [3.8, 4) is 5.75 Å². The monoisotopic (exact) mass is 509 g/mol. The standard InChI is InChI=1S/C25H24FN5O6/c1-4-30(2)24(33)17-13-31-21-20(19(29-35)18(25(31)34)23(32)27-9-10-36-3)28-12-15(22(21)37-17)11-14-5-7-16(26)8-6-14/h5-8,12-13H,4,9-11H2,1-3H3,(H,27,32). The van der Waals surface area contributed by atoms with Gasteiger partial charge in [-0.05, 0) is 29.8 Å². The summed E-state index contributed by atoms with van der Waals surface area (Å²) in [4.78, 5) is 57.0. The fourth-order valence-electron chi connectivity index (χ4n) is 3.88. The molecule has 0 bridgehead atoms. The molecule has 2 amide bonds. The molecule has 1 N–H and O–H groups in total. The Hall–Kier alpha value is -4.45. The number of carbonyl (C=O) groups excluding carboxylic acids is 2. The fourth-order valence-corrected chi connectivity index (χ4v) is 3.88. The topological polar surface area (TPSA) is 132 Å². The van der Waals surface area contributed by atoms with Gasteiger partial charge in [0, 0.05) is 45.4 Å². The molecule has 3 heterocycles. The van der Waals surface area contributed by atoms with Gasteiger partial charge >= 0.3 is 0 Å². The summed E-state index contributed by atoms with van der Waals surface area (Å²) in [6.07, 6.45) is 2.81. The summed E-state index contributed by atoms with van der Waals surface area (Å²) >= 11 is 0. The third-order valence-corrected chi connectivity index (χ3v) is 5.92. The molecule has 0 unspecified atom stereocenters. The van der Waals surface area contributed by atoms with E-state index in [1.165, 1.54) is 36.5 Å². The first-order valence-corrected chi connectivity index (χ1v) is 11.4. The van der Waals surface area contributed by atoms with Crippen molar-refractivity contribution in [1.82, 2.24) is 19.8 Å². The fraction of sp³-hybridized carbons (Fsp3) is 0.280. The molecule has 1 aromatic carbocycles. The molecule has 0 aliphatic carbocycles. The van der Waals surface area contributed by atoms with E-state index in [-0.39, 0.29) is 42.1 Å². The van der Waals surface area contributed by atoms with Crippen LogP contribution in [0.3, 0.4) is 0 Å². The van der Waals surface area contributed by atoms with E-state index in [9.17, 15) is 23.7 Å². The van der Waals surface area contributed by atoms with Crippen molar-refractivity contribution in [2.75, 3.05) is 33.9 Å². The first-order chi connectivity index (χ1) is 17.8. The van der Waals surface area contributed by atoms with Gasteiger partial charge in [-0.25, -0.2) is 4.39 Å². The predicted molar refractivity (Wildman–Crippen MR) is 133 cm³/mol. The highest BCUT2D eigenvalue weighted by atomic mass is 19.1. The summed E-state index contributed by atoms with van der Waals surface area (Å²) in [5.41, 5.74) is -0.604. The van der Waals surface area contributed by atoms with Crippen LogP contribution in [0.25, 0.3) is 17.2 Å². The van der Waals surface area contributed by atoms with Crippen LogP contribution in [0, 0.1) is 10.7 Å². The number of hydrogen-bond acceptors (Lipinski definition) is 8. The summed E-state index contributed by atoms with van der Waals surface area (Å²) in [5, 5.41) is 5.47. The van der Waals surface area contributed by atoms with Gasteiger partial charge in [-0.1, -0.05) is 12.1 Å². The largest absolute Gasteiger partial charge is 0.447 e. The Kier molecular flexibility index (Phi) is 7.39. The second-order valence-corrected chi connectivity index (χ2v) is 8.27. The Morgan fingerprint density at radius 2 is 2.00 bits per heavy atom. The van der Waals surface area contributed by atoms with Gasteiger partial charge in [0.15, 0.2) is 11.4 Å². The lowest BCUT2D eigenvalue weighted by atomic mass is 10.0. The maximum absolute atomic E-state index is 13.5. The predicted octanol–water partition coefficient (Wildman–Crippen LogP) is 2.57. The number of carbonyl (C=O) groups is 2. The number of likely N-dealkylation sites (N-methyl/N-ethyl adjacent to an activating group) is 1. The zero-order valence-electron chi connectivity index (χ0n) is 20.4. The summed E-state index contributed by atoms with van der Waals surface area (Å²) in [7, 11) is 3.02. The second-order valence-electron chi connectivity index (χ2n) is 8.27. The molecule has 0 saturated heterocycles. The molecular formula is C25H24FN5O6. The molecule has 1 aliphatic rings. The van der Waals surface area contributed by atoms with Crippen LogP contribution in [0.2, 0.25) is 0 Å². The number of amides is 2. The highest BCUT2D eigenvalue weighted by Crippen LogP contribution is 2.38. The van der Waals surface area contributed by atoms with E-state index in [1.807, 2.05) is 0 Å². The maximum atomic E-state index is 13.5. The minimum atomic E-state index is -0.869. The van der Waals surface area contributed by atoms with Gasteiger partial charge in [0.05, 0.1) is 12.8 Å². The van der Waals surface area contributed by atoms with Crippen molar-refractivity contribution in [3.63, 3.8) is 0 Å². The third kappa shape index (κ3) is 4.83. The minimum absolute atomic E-state index is 0.0454. The van der Waals surface area contributed by atoms with Gasteiger partial charge < -0.3 is 19.7 Å². The number of benzene rings is 1. The van der Waals surface area contributed by atoms with E-state index < -0.39 is 34.4 Å². The molecule has 3 aromatic rings. The highest BCUT2D eigenvalue weighted by Gasteiger charge is 2.31. The van der Waals surface area contributed by atoms with Crippen LogP contribution in [0.15, 0.2) is 46.2 Å². The van der Waals surface area contributed by atoms with Crippen LogP contribution < -0.4 is 15.6 Å². The molecule has 0 radical (unpaired) electrons. The van der Waals surface area contributed by atoms with Crippen molar-refractivity contribution in [3.05, 3.63) is 74.0 Å². The van der Waals surface area contributed by atoms with E-state index in [1.54, 1.807) is 26.1 Å². The molecule has 37 heavy (non-hydrogen) atoms. The Balaban J connectivity index is 1.96. The van der Waals surface area contributed by atoms with Crippen LogP contribution in [-0.2, 0) is 16.0 Å². The van der Waals surface area contributed by atoms with Gasteiger partial charge in [0.1, 0.15) is 22.4 Å². The van der Waals surface area contributed by atoms with Gasteiger partial charge in [0.25, 0.3) is 17.4 Å². The molecule has 1 aliphatic heterocycles. The first kappa shape index (κ1) is 25.6. The molecule has 2 aromatic heterocycles. The van der Waals surface area contributed by atoms with Crippen molar-refractivity contribution in [2.45, 2.75) is 13.3 Å². The van der Waals surface area contributed by atoms with E-state index in [4.69, 9.17) is 9.47 Å². The van der Waals surface area contributed by atoms with Crippen LogP contribution in [0.4, 0.5) is 10.1 Å². The number of nitrogens with zero attached hydrogens (tertiary/aromatic N) is 4. The van der Waals surface area contributed by atoms with Crippen molar-refractivity contribution < 1.29 is 23.5 Å². The SMILES string of the molecule is CCN(C)C(=O)C1=Cn2c(=O)c(C(=O)NCCOC)c(N=O)c3ncc(Cc4ccc(F)cc4)c(c32)O1. The van der Waals surface area contributed by atoms with Crippen LogP contribution in [-0.4, -0.2) is 60.1 Å². The number of nitroso groups, excluding NO2 is 1. The lowest BCUT2D eigenvalue weighted by Gasteiger charge is -2.24. The van der Waals surface area contributed by atoms with Crippen LogP contribution in [0.5, 0.6) is 5.75 Å². The highest BCUT2D eigenvalue weighted by molar-refractivity contribution is 6.07. The summed E-state index contributed by atoms with van der Waals surface area (Å²) in [6.45, 7) is 2.42. The average Bonchev–Trinajstić information content (AvgIpc) is 2.91. The number of pyridine rings is 2. The Labute approximate surface area is 210 Å². The smallest absolute Gasteiger partial charge is 0.290 e. The van der Waals surface area contributed by atoms with Gasteiger partial charge in [-0.15, -0.1) is 4.91 Å². The maximum Gasteiger partial charge on any atom is 0.290 e. The number of hydrogen-bond donors (Lipinski definition) is 1. The average molecular weight is 509 g/mol. The van der Waals surface area contributed by atoms with Gasteiger partial charge in [-0.3, -0.25) is 23.9 Å². The third-order valence-electron chi connectivity index (χ3n) is 5.92. The normalized spacial score (nSPS) is 12.1. The Morgan fingerprint density at radius 3 is 2.65 bits per heavy atom. The van der Waals surface area contributed by atoms with Crippen molar-refractivity contribution in [2.24, 2.45) is 5.18 Å². The summed E-state index contributed by atoms with van der Waals surface area (Å²) < 4.78 is 25.4. The number of nitrogens with one attached hydrogen (secondary N) is 1. The second kappa shape index (κ2) is 10.7. The summed E-state index contributed by atoms with van der Waals surface area (Å²) in [6, 6.07) is 5.78. The number of rotatable bonds is 9. The van der Waals surface area contributed by atoms with Crippen LogP contribution in [0.1, 0.15) is 28.4 Å². The quantitative estimate of drug-likeness (QED) is 0.346. The molecule has 0 saturated carbocycles. The van der Waals surface area contributed by atoms with Gasteiger partial charge in [0.2, 0.25) is 5.76 Å². The molecule has 0 spiro atoms. The zero-order chi connectivity index (χ0) is 26.7. The Morgan fingerprint density at radius 1 is 1.27 bits per heavy atom. The molecule has 0 atom stereocenters. The summed E-state index contributed by atoms with van der Waals surface area (Å²) in [5.74, 6) is -1.79. The molecule has 12 heteroatoms. The first-order valence-electron chi connectivity index (χ1n) is 11.4. The Bertz CT molecular complexity index is 1480. The van der Waals surface area contributed by atoms with E-state index >= 15 is 0 Å². The number of halogens is 1. The minimum Gasteiger partial charge on any atom is -0.447 e. The van der Waals surface area contributed by atoms with E-state index in [0.29, 0.717) is 17.7 Å². The van der Waals surface area contributed by atoms with E-state index in [2.05, 4.69) is 15.5 Å². The molecule has 4 rings (SSSR count). The van der Waals surface area contributed by atoms with Crippen molar-refractivity contribution >= 4 is 34.7 Å². The molecular weight excluding hydrogens is 485 g/mol. The zero-order valence-corrected chi connectivity index (χ0v) is 20.4. The molecule has 0 fully saturated rings. The molecule has 192 valence electrons. The molecule has 11 nitrogen and oxygen atoms in total. The number of aromatic nitrogens is 2. The number of methoxy groups -OCH3 is 1. The lowest BCUT2D eigenvalue weighted by molar-refractivity contribution is -0.127. The van der Waals surface area contributed by atoms with Gasteiger partial charge in [-0.2, -0.15) is 0 Å².